The molecular formula is C25H23N3O4S. The quantitative estimate of drug-likeness (QED) is 0.417. The second-order valence-corrected chi connectivity index (χ2v) is 9.19. The van der Waals surface area contributed by atoms with E-state index in [1.54, 1.807) is 36.4 Å². The van der Waals surface area contributed by atoms with E-state index in [0.29, 0.717) is 16.7 Å². The highest BCUT2D eigenvalue weighted by molar-refractivity contribution is 7.89. The van der Waals surface area contributed by atoms with Gasteiger partial charge in [-0.15, -0.1) is 5.10 Å². The van der Waals surface area contributed by atoms with Crippen molar-refractivity contribution in [2.24, 2.45) is 5.10 Å². The lowest BCUT2D eigenvalue weighted by molar-refractivity contribution is 0.102. The van der Waals surface area contributed by atoms with Gasteiger partial charge in [-0.25, -0.2) is 0 Å². The van der Waals surface area contributed by atoms with Gasteiger partial charge >= 0.3 is 0 Å². The van der Waals surface area contributed by atoms with Crippen LogP contribution in [0.25, 0.3) is 11.0 Å². The molecule has 4 aromatic rings. The molecule has 0 fully saturated rings. The third kappa shape index (κ3) is 5.12. The zero-order valence-corrected chi connectivity index (χ0v) is 19.0. The lowest BCUT2D eigenvalue weighted by Gasteiger charge is -2.08. The van der Waals surface area contributed by atoms with Gasteiger partial charge in [0.25, 0.3) is 15.9 Å². The number of anilines is 1. The molecule has 1 heterocycles. The van der Waals surface area contributed by atoms with Crippen LogP contribution in [0.1, 0.15) is 28.4 Å². The van der Waals surface area contributed by atoms with Crippen molar-refractivity contribution in [3.8, 4) is 0 Å². The third-order valence-electron chi connectivity index (χ3n) is 5.12. The van der Waals surface area contributed by atoms with Crippen LogP contribution in [0.4, 0.5) is 5.69 Å². The fourth-order valence-corrected chi connectivity index (χ4v) is 4.01. The third-order valence-corrected chi connectivity index (χ3v) is 6.34. The molecule has 0 radical (unpaired) electrons. The van der Waals surface area contributed by atoms with E-state index in [4.69, 9.17) is 4.42 Å². The maximum atomic E-state index is 13.1. The van der Waals surface area contributed by atoms with Crippen LogP contribution in [0.5, 0.6) is 0 Å². The summed E-state index contributed by atoms with van der Waals surface area (Å²) in [5, 5.41) is 7.45. The molecule has 0 aliphatic carbocycles. The van der Waals surface area contributed by atoms with Gasteiger partial charge in [0.2, 0.25) is 5.55 Å². The van der Waals surface area contributed by atoms with Crippen LogP contribution in [0.3, 0.4) is 0 Å². The van der Waals surface area contributed by atoms with Crippen LogP contribution in [-0.4, -0.2) is 14.3 Å². The summed E-state index contributed by atoms with van der Waals surface area (Å²) in [7, 11) is -3.95. The predicted molar refractivity (Wildman–Crippen MR) is 127 cm³/mol. The Kier molecular flexibility index (Phi) is 6.28. The Labute approximate surface area is 191 Å². The topological polar surface area (TPSA) is 101 Å². The minimum atomic E-state index is -3.95. The average Bonchev–Trinajstić information content (AvgIpc) is 2.83. The number of aryl methyl sites for hydroxylation is 2. The molecule has 0 unspecified atom stereocenters. The number of nitrogens with one attached hydrogen (secondary N) is 2. The maximum absolute atomic E-state index is 13.1. The summed E-state index contributed by atoms with van der Waals surface area (Å²) < 4.78 is 31.1. The van der Waals surface area contributed by atoms with Crippen molar-refractivity contribution in [1.82, 2.24) is 4.83 Å². The SMILES string of the molecule is CCc1ccc(NC(=O)c2cc3ccccc3oc2=NNS(=O)(=O)c2ccc(C)cc2)cc1. The number of hydrogen-bond donors (Lipinski definition) is 2. The van der Waals surface area contributed by atoms with E-state index in [1.807, 2.05) is 37.3 Å². The fraction of sp³-hybridized carbons (Fsp3) is 0.120. The Hall–Kier alpha value is -3.91. The number of para-hydroxylation sites is 1. The smallest absolute Gasteiger partial charge is 0.276 e. The van der Waals surface area contributed by atoms with Gasteiger partial charge in [-0.05, 0) is 55.3 Å². The van der Waals surface area contributed by atoms with Crippen molar-refractivity contribution in [3.63, 3.8) is 0 Å². The molecule has 1 aromatic heterocycles. The highest BCUT2D eigenvalue weighted by atomic mass is 32.2. The van der Waals surface area contributed by atoms with Gasteiger partial charge in [-0.3, -0.25) is 4.79 Å². The molecule has 0 saturated carbocycles. The van der Waals surface area contributed by atoms with Gasteiger partial charge in [0, 0.05) is 11.1 Å². The van der Waals surface area contributed by atoms with Crippen molar-refractivity contribution < 1.29 is 17.6 Å². The summed E-state index contributed by atoms with van der Waals surface area (Å²) in [6.07, 6.45) is 0.891. The minimum absolute atomic E-state index is 0.0552. The summed E-state index contributed by atoms with van der Waals surface area (Å²) >= 11 is 0. The van der Waals surface area contributed by atoms with Crippen LogP contribution in [0, 0.1) is 6.92 Å². The Bertz CT molecular complexity index is 1470. The zero-order valence-electron chi connectivity index (χ0n) is 18.2. The summed E-state index contributed by atoms with van der Waals surface area (Å²) in [5.74, 6) is -0.470. The second-order valence-electron chi connectivity index (χ2n) is 7.53. The Morgan fingerprint density at radius 3 is 2.36 bits per heavy atom. The average molecular weight is 462 g/mol. The van der Waals surface area contributed by atoms with Crippen LogP contribution in [0.15, 0.2) is 93.3 Å². The van der Waals surface area contributed by atoms with Crippen molar-refractivity contribution in [3.05, 3.63) is 101 Å². The van der Waals surface area contributed by atoms with Crippen molar-refractivity contribution >= 4 is 32.6 Å². The number of hydrogen-bond acceptors (Lipinski definition) is 5. The molecule has 0 spiro atoms. The minimum Gasteiger partial charge on any atom is -0.436 e. The highest BCUT2D eigenvalue weighted by Crippen LogP contribution is 2.16. The molecule has 7 nitrogen and oxygen atoms in total. The number of carbonyl (C=O) groups excluding carboxylic acids is 1. The summed E-state index contributed by atoms with van der Waals surface area (Å²) in [4.78, 5) is 15.3. The first kappa shape index (κ1) is 22.3. The monoisotopic (exact) mass is 461 g/mol. The number of sulfonamides is 1. The van der Waals surface area contributed by atoms with E-state index >= 15 is 0 Å². The largest absolute Gasteiger partial charge is 0.436 e. The molecule has 168 valence electrons. The van der Waals surface area contributed by atoms with Gasteiger partial charge in [0.15, 0.2) is 0 Å². The summed E-state index contributed by atoms with van der Waals surface area (Å²) in [6, 6.07) is 22.6. The first-order chi connectivity index (χ1) is 15.9. The zero-order chi connectivity index (χ0) is 23.4. The first-order valence-corrected chi connectivity index (χ1v) is 11.9. The summed E-state index contributed by atoms with van der Waals surface area (Å²) in [6.45, 7) is 3.92. The number of fused-ring (bicyclic) bond motifs is 1. The van der Waals surface area contributed by atoms with Gasteiger partial charge in [-0.2, -0.15) is 13.2 Å². The number of rotatable bonds is 6. The maximum Gasteiger partial charge on any atom is 0.276 e. The number of nitrogens with zero attached hydrogens (tertiary/aromatic N) is 1. The number of benzene rings is 3. The summed E-state index contributed by atoms with van der Waals surface area (Å²) in [5.41, 5.74) is 3.11. The molecule has 0 aliphatic rings. The van der Waals surface area contributed by atoms with E-state index in [0.717, 1.165) is 17.5 Å². The lowest BCUT2D eigenvalue weighted by Crippen LogP contribution is -2.27. The van der Waals surface area contributed by atoms with Gasteiger partial charge in [0.1, 0.15) is 11.1 Å². The second kappa shape index (κ2) is 9.30. The van der Waals surface area contributed by atoms with Crippen molar-refractivity contribution in [1.29, 1.82) is 0 Å². The molecule has 0 bridgehead atoms. The fourth-order valence-electron chi connectivity index (χ4n) is 3.21. The Morgan fingerprint density at radius 2 is 1.67 bits per heavy atom. The number of amides is 1. The van der Waals surface area contributed by atoms with Gasteiger partial charge < -0.3 is 9.73 Å². The molecule has 33 heavy (non-hydrogen) atoms. The lowest BCUT2D eigenvalue weighted by atomic mass is 10.1. The number of carbonyl (C=O) groups is 1. The van der Waals surface area contributed by atoms with Crippen molar-refractivity contribution in [2.45, 2.75) is 25.2 Å². The highest BCUT2D eigenvalue weighted by Gasteiger charge is 2.16. The molecule has 3 aromatic carbocycles. The molecule has 4 rings (SSSR count). The molecule has 8 heteroatoms. The molecule has 0 atom stereocenters. The molecule has 0 aliphatic heterocycles. The van der Waals surface area contributed by atoms with E-state index in [-0.39, 0.29) is 16.0 Å². The standard InChI is InChI=1S/C25H23N3O4S/c1-3-18-10-12-20(13-11-18)26-24(29)22-16-19-6-4-5-7-23(19)32-25(22)27-28-33(30,31)21-14-8-17(2)9-15-21/h4-16,28H,3H2,1-2H3,(H,26,29). The predicted octanol–water partition coefficient (Wildman–Crippen LogP) is 4.35. The normalized spacial score (nSPS) is 12.0. The van der Waals surface area contributed by atoms with Crippen LogP contribution >= 0.6 is 0 Å². The first-order valence-electron chi connectivity index (χ1n) is 10.4. The Balaban J connectivity index is 1.72. The van der Waals surface area contributed by atoms with E-state index in [9.17, 15) is 13.2 Å². The van der Waals surface area contributed by atoms with Crippen molar-refractivity contribution in [2.75, 3.05) is 5.32 Å². The molecule has 0 saturated heterocycles. The molecule has 2 N–H and O–H groups in total. The van der Waals surface area contributed by atoms with Crippen LogP contribution in [-0.2, 0) is 16.4 Å². The van der Waals surface area contributed by atoms with Crippen LogP contribution in [0.2, 0.25) is 0 Å². The van der Waals surface area contributed by atoms with E-state index < -0.39 is 15.9 Å². The van der Waals surface area contributed by atoms with Gasteiger partial charge in [0.05, 0.1) is 4.90 Å². The Morgan fingerprint density at radius 1 is 0.970 bits per heavy atom. The molecular weight excluding hydrogens is 438 g/mol. The van der Waals surface area contributed by atoms with E-state index in [1.165, 1.54) is 12.1 Å². The van der Waals surface area contributed by atoms with Gasteiger partial charge in [-0.1, -0.05) is 55.0 Å². The van der Waals surface area contributed by atoms with E-state index in [2.05, 4.69) is 22.2 Å². The van der Waals surface area contributed by atoms with Crippen LogP contribution < -0.4 is 15.7 Å². The molecule has 1 amide bonds.